The molecule has 0 amide bonds. The standard InChI is InChI=1S/C16H27N3O/c1-4-14(13-9-6-5-7-10-13)18-12-8-11-16(2,3)15(17)19-20/h5-7,9-10,14,18,20H,4,8,11-12H2,1-3H3,(H2,17,19). The molecule has 4 nitrogen and oxygen atoms in total. The summed E-state index contributed by atoms with van der Waals surface area (Å²) >= 11 is 0. The molecule has 0 aliphatic carbocycles. The molecule has 0 heterocycles. The zero-order valence-corrected chi connectivity index (χ0v) is 12.8. The summed E-state index contributed by atoms with van der Waals surface area (Å²) in [7, 11) is 0. The van der Waals surface area contributed by atoms with Gasteiger partial charge in [0.1, 0.15) is 5.84 Å². The number of hydrogen-bond donors (Lipinski definition) is 3. The molecule has 1 atom stereocenters. The van der Waals surface area contributed by atoms with Crippen molar-refractivity contribution < 1.29 is 5.21 Å². The zero-order chi connectivity index (χ0) is 15.0. The van der Waals surface area contributed by atoms with Crippen LogP contribution < -0.4 is 11.1 Å². The first-order valence-electron chi connectivity index (χ1n) is 7.27. The number of oxime groups is 1. The van der Waals surface area contributed by atoms with E-state index in [0.29, 0.717) is 11.9 Å². The van der Waals surface area contributed by atoms with Gasteiger partial charge in [-0.1, -0.05) is 56.3 Å². The predicted octanol–water partition coefficient (Wildman–Crippen LogP) is 3.28. The lowest BCUT2D eigenvalue weighted by atomic mass is 9.86. The largest absolute Gasteiger partial charge is 0.409 e. The van der Waals surface area contributed by atoms with E-state index >= 15 is 0 Å². The van der Waals surface area contributed by atoms with Crippen molar-refractivity contribution in [3.63, 3.8) is 0 Å². The Hall–Kier alpha value is -1.55. The second kappa shape index (κ2) is 7.90. The Morgan fingerprint density at radius 1 is 1.35 bits per heavy atom. The Bertz CT molecular complexity index is 415. The highest BCUT2D eigenvalue weighted by Crippen LogP contribution is 2.22. The quantitative estimate of drug-likeness (QED) is 0.224. The van der Waals surface area contributed by atoms with Gasteiger partial charge in [-0.15, -0.1) is 0 Å². The molecule has 0 saturated carbocycles. The van der Waals surface area contributed by atoms with Crippen molar-refractivity contribution in [2.75, 3.05) is 6.54 Å². The van der Waals surface area contributed by atoms with Gasteiger partial charge in [-0.2, -0.15) is 0 Å². The number of benzene rings is 1. The van der Waals surface area contributed by atoms with Gasteiger partial charge >= 0.3 is 0 Å². The van der Waals surface area contributed by atoms with Gasteiger partial charge in [0.05, 0.1) is 0 Å². The Morgan fingerprint density at radius 3 is 2.55 bits per heavy atom. The highest BCUT2D eigenvalue weighted by atomic mass is 16.4. The molecule has 4 heteroatoms. The van der Waals surface area contributed by atoms with Crippen molar-refractivity contribution in [1.29, 1.82) is 0 Å². The summed E-state index contributed by atoms with van der Waals surface area (Å²) < 4.78 is 0. The van der Waals surface area contributed by atoms with Crippen LogP contribution in [0.1, 0.15) is 51.6 Å². The lowest BCUT2D eigenvalue weighted by Gasteiger charge is -2.23. The average Bonchev–Trinajstić information content (AvgIpc) is 2.47. The van der Waals surface area contributed by atoms with E-state index in [4.69, 9.17) is 10.9 Å². The first-order valence-corrected chi connectivity index (χ1v) is 7.27. The van der Waals surface area contributed by atoms with Gasteiger partial charge in [0.25, 0.3) is 0 Å². The van der Waals surface area contributed by atoms with Crippen LogP contribution in [0.2, 0.25) is 0 Å². The molecule has 1 aromatic rings. The van der Waals surface area contributed by atoms with E-state index in [1.807, 2.05) is 19.9 Å². The summed E-state index contributed by atoms with van der Waals surface area (Å²) in [6, 6.07) is 10.9. The molecule has 1 rings (SSSR count). The minimum atomic E-state index is -0.259. The fourth-order valence-electron chi connectivity index (χ4n) is 2.25. The molecule has 1 aromatic carbocycles. The van der Waals surface area contributed by atoms with E-state index < -0.39 is 0 Å². The van der Waals surface area contributed by atoms with E-state index in [1.54, 1.807) is 0 Å². The van der Waals surface area contributed by atoms with Crippen molar-refractivity contribution in [3.05, 3.63) is 35.9 Å². The highest BCUT2D eigenvalue weighted by molar-refractivity contribution is 5.85. The van der Waals surface area contributed by atoms with Gasteiger partial charge in [0, 0.05) is 11.5 Å². The Morgan fingerprint density at radius 2 is 2.00 bits per heavy atom. The normalized spacial score (nSPS) is 14.2. The maximum absolute atomic E-state index is 8.75. The summed E-state index contributed by atoms with van der Waals surface area (Å²) in [6.45, 7) is 7.10. The van der Waals surface area contributed by atoms with Crippen molar-refractivity contribution >= 4 is 5.84 Å². The second-order valence-electron chi connectivity index (χ2n) is 5.80. The van der Waals surface area contributed by atoms with Crippen LogP contribution in [-0.2, 0) is 0 Å². The molecule has 0 aliphatic heterocycles. The van der Waals surface area contributed by atoms with Crippen molar-refractivity contribution in [1.82, 2.24) is 5.32 Å². The SMILES string of the molecule is CCC(NCCCC(C)(C)C(N)=NO)c1ccccc1. The first-order chi connectivity index (χ1) is 9.51. The van der Waals surface area contributed by atoms with Crippen LogP contribution in [0.3, 0.4) is 0 Å². The number of nitrogens with one attached hydrogen (secondary N) is 1. The number of hydrogen-bond acceptors (Lipinski definition) is 3. The number of amidine groups is 1. The molecular formula is C16H27N3O. The van der Waals surface area contributed by atoms with Crippen LogP contribution >= 0.6 is 0 Å². The molecule has 20 heavy (non-hydrogen) atoms. The van der Waals surface area contributed by atoms with E-state index in [0.717, 1.165) is 25.8 Å². The topological polar surface area (TPSA) is 70.6 Å². The number of nitrogens with zero attached hydrogens (tertiary/aromatic N) is 1. The summed E-state index contributed by atoms with van der Waals surface area (Å²) in [5, 5.41) is 15.4. The molecule has 0 bridgehead atoms. The monoisotopic (exact) mass is 277 g/mol. The summed E-state index contributed by atoms with van der Waals surface area (Å²) in [5.74, 6) is 0.299. The first kappa shape index (κ1) is 16.5. The van der Waals surface area contributed by atoms with Crippen LogP contribution in [0.5, 0.6) is 0 Å². The van der Waals surface area contributed by atoms with Crippen molar-refractivity contribution in [2.24, 2.45) is 16.3 Å². The van der Waals surface area contributed by atoms with Crippen molar-refractivity contribution in [2.45, 2.75) is 46.1 Å². The van der Waals surface area contributed by atoms with Gasteiger partial charge in [-0.05, 0) is 31.4 Å². The minimum Gasteiger partial charge on any atom is -0.409 e. The molecule has 112 valence electrons. The summed E-state index contributed by atoms with van der Waals surface area (Å²) in [5.41, 5.74) is 6.76. The van der Waals surface area contributed by atoms with Gasteiger partial charge in [-0.3, -0.25) is 0 Å². The molecule has 0 spiro atoms. The summed E-state index contributed by atoms with van der Waals surface area (Å²) in [4.78, 5) is 0. The van der Waals surface area contributed by atoms with Crippen LogP contribution in [0.25, 0.3) is 0 Å². The lowest BCUT2D eigenvalue weighted by molar-refractivity contribution is 0.304. The predicted molar refractivity (Wildman–Crippen MR) is 83.9 cm³/mol. The van der Waals surface area contributed by atoms with Gasteiger partial charge in [0.15, 0.2) is 0 Å². The zero-order valence-electron chi connectivity index (χ0n) is 12.8. The fraction of sp³-hybridized carbons (Fsp3) is 0.562. The fourth-order valence-corrected chi connectivity index (χ4v) is 2.25. The molecule has 4 N–H and O–H groups in total. The molecule has 0 fully saturated rings. The van der Waals surface area contributed by atoms with Crippen molar-refractivity contribution in [3.8, 4) is 0 Å². The molecule has 0 aliphatic rings. The highest BCUT2D eigenvalue weighted by Gasteiger charge is 2.22. The molecule has 0 aromatic heterocycles. The van der Waals surface area contributed by atoms with Gasteiger partial charge in [-0.25, -0.2) is 0 Å². The maximum atomic E-state index is 8.75. The molecule has 0 saturated heterocycles. The van der Waals surface area contributed by atoms with E-state index in [2.05, 4.69) is 41.7 Å². The Labute approximate surface area is 122 Å². The van der Waals surface area contributed by atoms with Crippen LogP contribution in [-0.4, -0.2) is 17.6 Å². The second-order valence-corrected chi connectivity index (χ2v) is 5.80. The van der Waals surface area contributed by atoms with E-state index in [-0.39, 0.29) is 5.41 Å². The van der Waals surface area contributed by atoms with E-state index in [1.165, 1.54) is 5.56 Å². The third kappa shape index (κ3) is 4.85. The lowest BCUT2D eigenvalue weighted by Crippen LogP contribution is -2.33. The molecule has 1 unspecified atom stereocenters. The van der Waals surface area contributed by atoms with Crippen LogP contribution in [0.15, 0.2) is 35.5 Å². The Balaban J connectivity index is 2.40. The van der Waals surface area contributed by atoms with E-state index in [9.17, 15) is 0 Å². The maximum Gasteiger partial charge on any atom is 0.144 e. The minimum absolute atomic E-state index is 0.259. The summed E-state index contributed by atoms with van der Waals surface area (Å²) in [6.07, 6.45) is 2.95. The number of rotatable bonds is 8. The van der Waals surface area contributed by atoms with Gasteiger partial charge in [0.2, 0.25) is 0 Å². The molecular weight excluding hydrogens is 250 g/mol. The van der Waals surface area contributed by atoms with Gasteiger partial charge < -0.3 is 16.3 Å². The van der Waals surface area contributed by atoms with Crippen LogP contribution in [0.4, 0.5) is 0 Å². The average molecular weight is 277 g/mol. The Kier molecular flexibility index (Phi) is 6.52. The van der Waals surface area contributed by atoms with Crippen LogP contribution in [0, 0.1) is 5.41 Å². The molecule has 0 radical (unpaired) electrons. The third-order valence-electron chi connectivity index (χ3n) is 3.78. The number of nitrogens with two attached hydrogens (primary N) is 1. The smallest absolute Gasteiger partial charge is 0.144 e. The third-order valence-corrected chi connectivity index (χ3v) is 3.78.